The molecule has 2 aromatic rings. The summed E-state index contributed by atoms with van der Waals surface area (Å²) in [5, 5.41) is 12.0. The number of aryl methyl sites for hydroxylation is 1. The number of nitrogens with one attached hydrogen (secondary N) is 1. The van der Waals surface area contributed by atoms with Gasteiger partial charge in [-0.2, -0.15) is 18.4 Å². The molecule has 0 aliphatic rings. The summed E-state index contributed by atoms with van der Waals surface area (Å²) in [6.07, 6.45) is -4.48. The molecule has 2 rings (SSSR count). The first-order valence-electron chi connectivity index (χ1n) is 6.06. The Morgan fingerprint density at radius 1 is 1.19 bits per heavy atom. The van der Waals surface area contributed by atoms with Gasteiger partial charge in [-0.1, -0.05) is 12.1 Å². The molecular formula is C15H12F3N3. The van der Waals surface area contributed by atoms with Gasteiger partial charge in [-0.3, -0.25) is 0 Å². The third kappa shape index (κ3) is 3.08. The number of nitriles is 1. The predicted molar refractivity (Wildman–Crippen MR) is 75.0 cm³/mol. The van der Waals surface area contributed by atoms with Gasteiger partial charge in [0, 0.05) is 0 Å². The summed E-state index contributed by atoms with van der Waals surface area (Å²) in [6.45, 7) is 1.81. The van der Waals surface area contributed by atoms with Crippen molar-refractivity contribution in [2.75, 3.05) is 11.1 Å². The van der Waals surface area contributed by atoms with Gasteiger partial charge in [0.05, 0.1) is 28.2 Å². The maximum atomic E-state index is 12.6. The van der Waals surface area contributed by atoms with Crippen LogP contribution in [0.15, 0.2) is 36.4 Å². The molecule has 0 unspecified atom stereocenters. The van der Waals surface area contributed by atoms with Gasteiger partial charge in [0.2, 0.25) is 0 Å². The van der Waals surface area contributed by atoms with Crippen molar-refractivity contribution < 1.29 is 13.2 Å². The maximum absolute atomic E-state index is 12.6. The summed E-state index contributed by atoms with van der Waals surface area (Å²) in [5.41, 5.74) is 7.04. The lowest BCUT2D eigenvalue weighted by Crippen LogP contribution is -2.06. The Hall–Kier alpha value is -2.68. The number of nitrogen functional groups attached to an aromatic ring is 1. The number of rotatable bonds is 2. The minimum atomic E-state index is -4.48. The van der Waals surface area contributed by atoms with Crippen LogP contribution < -0.4 is 11.1 Å². The zero-order valence-electron chi connectivity index (χ0n) is 11.1. The van der Waals surface area contributed by atoms with E-state index in [1.165, 1.54) is 6.07 Å². The number of hydrogen-bond acceptors (Lipinski definition) is 3. The Balaban J connectivity index is 2.44. The summed E-state index contributed by atoms with van der Waals surface area (Å²) < 4.78 is 37.9. The number of benzene rings is 2. The van der Waals surface area contributed by atoms with Crippen LogP contribution in [0.25, 0.3) is 0 Å². The van der Waals surface area contributed by atoms with E-state index in [1.807, 2.05) is 13.0 Å². The van der Waals surface area contributed by atoms with Gasteiger partial charge < -0.3 is 11.1 Å². The van der Waals surface area contributed by atoms with E-state index in [4.69, 9.17) is 11.0 Å². The molecule has 3 N–H and O–H groups in total. The number of alkyl halides is 3. The fraction of sp³-hybridized carbons (Fsp3) is 0.133. The molecule has 0 saturated carbocycles. The number of nitrogens with zero attached hydrogens (tertiary/aromatic N) is 1. The Kier molecular flexibility index (Phi) is 3.76. The topological polar surface area (TPSA) is 61.8 Å². The van der Waals surface area contributed by atoms with Crippen LogP contribution in [-0.2, 0) is 6.18 Å². The molecular weight excluding hydrogens is 279 g/mol. The second-order valence-electron chi connectivity index (χ2n) is 4.53. The van der Waals surface area contributed by atoms with Gasteiger partial charge >= 0.3 is 6.18 Å². The van der Waals surface area contributed by atoms with Crippen LogP contribution in [0.4, 0.5) is 30.2 Å². The smallest absolute Gasteiger partial charge is 0.397 e. The second kappa shape index (κ2) is 5.37. The molecule has 3 nitrogen and oxygen atoms in total. The van der Waals surface area contributed by atoms with E-state index < -0.39 is 11.7 Å². The van der Waals surface area contributed by atoms with Gasteiger partial charge in [0.1, 0.15) is 6.07 Å². The first-order valence-corrected chi connectivity index (χ1v) is 6.06. The van der Waals surface area contributed by atoms with Crippen molar-refractivity contribution in [2.45, 2.75) is 13.1 Å². The SMILES string of the molecule is Cc1cccc(N)c1Nc1ccc(C(F)(F)F)cc1C#N. The molecule has 0 saturated heterocycles. The molecule has 108 valence electrons. The average Bonchev–Trinajstić information content (AvgIpc) is 2.42. The molecule has 0 aromatic heterocycles. The van der Waals surface area contributed by atoms with Gasteiger partial charge in [-0.05, 0) is 36.8 Å². The third-order valence-electron chi connectivity index (χ3n) is 3.03. The highest BCUT2D eigenvalue weighted by molar-refractivity contribution is 5.78. The maximum Gasteiger partial charge on any atom is 0.416 e. The minimum Gasteiger partial charge on any atom is -0.397 e. The summed E-state index contributed by atoms with van der Waals surface area (Å²) in [4.78, 5) is 0. The summed E-state index contributed by atoms with van der Waals surface area (Å²) in [5.74, 6) is 0. The average molecular weight is 291 g/mol. The van der Waals surface area contributed by atoms with E-state index in [0.717, 1.165) is 17.7 Å². The van der Waals surface area contributed by atoms with Crippen LogP contribution in [0.3, 0.4) is 0 Å². The monoisotopic (exact) mass is 291 g/mol. The molecule has 0 heterocycles. The first kappa shape index (κ1) is 14.7. The zero-order valence-corrected chi connectivity index (χ0v) is 11.1. The van der Waals surface area contributed by atoms with Gasteiger partial charge in [0.15, 0.2) is 0 Å². The van der Waals surface area contributed by atoms with E-state index in [0.29, 0.717) is 11.4 Å². The largest absolute Gasteiger partial charge is 0.416 e. The quantitative estimate of drug-likeness (QED) is 0.815. The van der Waals surface area contributed by atoms with Crippen molar-refractivity contribution >= 4 is 17.1 Å². The van der Waals surface area contributed by atoms with Crippen LogP contribution in [0.2, 0.25) is 0 Å². The van der Waals surface area contributed by atoms with Crippen LogP contribution in [0, 0.1) is 18.3 Å². The summed E-state index contributed by atoms with van der Waals surface area (Å²) >= 11 is 0. The zero-order chi connectivity index (χ0) is 15.6. The van der Waals surface area contributed by atoms with Crippen molar-refractivity contribution in [1.82, 2.24) is 0 Å². The second-order valence-corrected chi connectivity index (χ2v) is 4.53. The van der Waals surface area contributed by atoms with E-state index in [2.05, 4.69) is 5.32 Å². The highest BCUT2D eigenvalue weighted by Crippen LogP contribution is 2.33. The molecule has 0 spiro atoms. The minimum absolute atomic E-state index is 0.0903. The molecule has 0 bridgehead atoms. The van der Waals surface area contributed by atoms with Gasteiger partial charge in [-0.25, -0.2) is 0 Å². The fourth-order valence-corrected chi connectivity index (χ4v) is 1.92. The Morgan fingerprint density at radius 2 is 1.90 bits per heavy atom. The molecule has 0 fully saturated rings. The van der Waals surface area contributed by atoms with E-state index >= 15 is 0 Å². The molecule has 2 aromatic carbocycles. The molecule has 6 heteroatoms. The van der Waals surface area contributed by atoms with Gasteiger partial charge in [0.25, 0.3) is 0 Å². The van der Waals surface area contributed by atoms with Crippen molar-refractivity contribution in [1.29, 1.82) is 5.26 Å². The standard InChI is InChI=1S/C15H12F3N3/c1-9-3-2-4-12(20)14(9)21-13-6-5-11(15(16,17)18)7-10(13)8-19/h2-7,21H,20H2,1H3. The lowest BCUT2D eigenvalue weighted by Gasteiger charge is -2.15. The molecule has 0 amide bonds. The van der Waals surface area contributed by atoms with E-state index in [-0.39, 0.29) is 11.3 Å². The van der Waals surface area contributed by atoms with E-state index in [9.17, 15) is 13.2 Å². The van der Waals surface area contributed by atoms with E-state index in [1.54, 1.807) is 18.2 Å². The van der Waals surface area contributed by atoms with Crippen molar-refractivity contribution in [3.8, 4) is 6.07 Å². The highest BCUT2D eigenvalue weighted by Gasteiger charge is 2.31. The Bertz CT molecular complexity index is 695. The lowest BCUT2D eigenvalue weighted by atomic mass is 10.1. The molecule has 0 atom stereocenters. The first-order chi connectivity index (χ1) is 9.82. The fourth-order valence-electron chi connectivity index (χ4n) is 1.92. The van der Waals surface area contributed by atoms with Crippen LogP contribution in [-0.4, -0.2) is 0 Å². The number of hydrogen-bond donors (Lipinski definition) is 2. The summed E-state index contributed by atoms with van der Waals surface area (Å²) in [6, 6.07) is 10.00. The van der Waals surface area contributed by atoms with Crippen LogP contribution >= 0.6 is 0 Å². The molecule has 0 radical (unpaired) electrons. The predicted octanol–water partition coefficient (Wildman–Crippen LogP) is 4.21. The summed E-state index contributed by atoms with van der Waals surface area (Å²) in [7, 11) is 0. The number of para-hydroxylation sites is 1. The van der Waals surface area contributed by atoms with Gasteiger partial charge in [-0.15, -0.1) is 0 Å². The molecule has 0 aliphatic heterocycles. The normalized spacial score (nSPS) is 11.0. The number of halogens is 3. The highest BCUT2D eigenvalue weighted by atomic mass is 19.4. The number of nitrogens with two attached hydrogens (primary N) is 1. The van der Waals surface area contributed by atoms with Crippen molar-refractivity contribution in [3.05, 3.63) is 53.1 Å². The number of anilines is 3. The van der Waals surface area contributed by atoms with Crippen molar-refractivity contribution in [2.24, 2.45) is 0 Å². The molecule has 21 heavy (non-hydrogen) atoms. The van der Waals surface area contributed by atoms with Crippen molar-refractivity contribution in [3.63, 3.8) is 0 Å². The van der Waals surface area contributed by atoms with Crippen LogP contribution in [0.1, 0.15) is 16.7 Å². The Morgan fingerprint density at radius 3 is 2.48 bits per heavy atom. The lowest BCUT2D eigenvalue weighted by molar-refractivity contribution is -0.137. The molecule has 0 aliphatic carbocycles. The third-order valence-corrected chi connectivity index (χ3v) is 3.03. The van der Waals surface area contributed by atoms with Crippen LogP contribution in [0.5, 0.6) is 0 Å². The Labute approximate surface area is 119 Å².